The number of hydrogen-bond acceptors (Lipinski definition) is 6. The highest BCUT2D eigenvalue weighted by molar-refractivity contribution is 6.01. The van der Waals surface area contributed by atoms with Crippen LogP contribution < -0.4 is 9.47 Å². The lowest BCUT2D eigenvalue weighted by Gasteiger charge is -2.15. The number of benzene rings is 2. The molecule has 31 heavy (non-hydrogen) atoms. The Morgan fingerprint density at radius 3 is 2.65 bits per heavy atom. The van der Waals surface area contributed by atoms with E-state index in [0.29, 0.717) is 42.3 Å². The average Bonchev–Trinajstić information content (AvgIpc) is 3.32. The molecule has 2 aromatic rings. The number of rotatable bonds is 8. The van der Waals surface area contributed by atoms with E-state index in [0.717, 1.165) is 12.8 Å². The van der Waals surface area contributed by atoms with Gasteiger partial charge in [-0.3, -0.25) is 14.9 Å². The maximum absolute atomic E-state index is 12.5. The fourth-order valence-corrected chi connectivity index (χ4v) is 3.32. The quantitative estimate of drug-likeness (QED) is 0.275. The van der Waals surface area contributed by atoms with Crippen LogP contribution in [-0.2, 0) is 11.4 Å². The number of nitrogens with zero attached hydrogens (tertiary/aromatic N) is 3. The summed E-state index contributed by atoms with van der Waals surface area (Å²) >= 11 is 0. The van der Waals surface area contributed by atoms with Crippen LogP contribution in [-0.4, -0.2) is 35.4 Å². The second kappa shape index (κ2) is 10.3. The summed E-state index contributed by atoms with van der Waals surface area (Å²) in [5, 5.41) is 20.4. The Morgan fingerprint density at radius 1 is 1.19 bits per heavy atom. The fraction of sp³-hybridized carbons (Fsp3) is 0.304. The number of likely N-dealkylation sites (tertiary alicyclic amines) is 1. The number of carbonyl (C=O) groups is 1. The minimum absolute atomic E-state index is 0.00156. The molecule has 3 rings (SSSR count). The predicted octanol–water partition coefficient (Wildman–Crippen LogP) is 4.10. The number of non-ortho nitro benzene ring substituents is 1. The van der Waals surface area contributed by atoms with Crippen molar-refractivity contribution in [3.05, 3.63) is 69.3 Å². The highest BCUT2D eigenvalue weighted by Gasteiger charge is 2.21. The molecule has 0 bridgehead atoms. The van der Waals surface area contributed by atoms with Gasteiger partial charge in [-0.25, -0.2) is 0 Å². The number of nitro groups is 1. The van der Waals surface area contributed by atoms with Crippen LogP contribution in [0.4, 0.5) is 5.69 Å². The van der Waals surface area contributed by atoms with E-state index in [9.17, 15) is 20.2 Å². The third-order valence-electron chi connectivity index (χ3n) is 4.84. The monoisotopic (exact) mass is 421 g/mol. The SMILES string of the molecule is CCOc1cc(/C=C(\C#N)C(=O)N2CCCC2)ccc1OCc1cccc([N+](=O)[O-])c1. The highest BCUT2D eigenvalue weighted by atomic mass is 16.6. The number of nitro benzene ring substituents is 1. The van der Waals surface area contributed by atoms with Crippen LogP contribution in [0.5, 0.6) is 11.5 Å². The Kier molecular flexibility index (Phi) is 7.22. The second-order valence-electron chi connectivity index (χ2n) is 7.02. The molecule has 8 nitrogen and oxygen atoms in total. The highest BCUT2D eigenvalue weighted by Crippen LogP contribution is 2.30. The molecule has 0 atom stereocenters. The largest absolute Gasteiger partial charge is 0.490 e. The molecule has 160 valence electrons. The molecule has 8 heteroatoms. The first-order chi connectivity index (χ1) is 15.0. The Hall–Kier alpha value is -3.86. The average molecular weight is 421 g/mol. The maximum atomic E-state index is 12.5. The lowest BCUT2D eigenvalue weighted by molar-refractivity contribution is -0.384. The van der Waals surface area contributed by atoms with Crippen molar-refractivity contribution in [3.63, 3.8) is 0 Å². The molecule has 0 radical (unpaired) electrons. The summed E-state index contributed by atoms with van der Waals surface area (Å²) in [4.78, 5) is 24.7. The van der Waals surface area contributed by atoms with Gasteiger partial charge < -0.3 is 14.4 Å². The van der Waals surface area contributed by atoms with E-state index in [4.69, 9.17) is 9.47 Å². The first kappa shape index (κ1) is 21.8. The molecular weight excluding hydrogens is 398 g/mol. The van der Waals surface area contributed by atoms with Gasteiger partial charge in [-0.2, -0.15) is 5.26 Å². The van der Waals surface area contributed by atoms with Crippen molar-refractivity contribution in [1.82, 2.24) is 4.90 Å². The zero-order valence-corrected chi connectivity index (χ0v) is 17.2. The Balaban J connectivity index is 1.78. The van der Waals surface area contributed by atoms with Crippen LogP contribution >= 0.6 is 0 Å². The van der Waals surface area contributed by atoms with Crippen LogP contribution in [0, 0.1) is 21.4 Å². The van der Waals surface area contributed by atoms with E-state index in [1.54, 1.807) is 41.3 Å². The third-order valence-corrected chi connectivity index (χ3v) is 4.84. The van der Waals surface area contributed by atoms with E-state index in [1.807, 2.05) is 13.0 Å². The van der Waals surface area contributed by atoms with Gasteiger partial charge in [-0.05, 0) is 49.1 Å². The zero-order chi connectivity index (χ0) is 22.2. The van der Waals surface area contributed by atoms with Crippen LogP contribution in [0.15, 0.2) is 48.0 Å². The molecule has 1 aliphatic heterocycles. The van der Waals surface area contributed by atoms with Crippen molar-refractivity contribution in [2.45, 2.75) is 26.4 Å². The number of ether oxygens (including phenoxy) is 2. The van der Waals surface area contributed by atoms with E-state index in [1.165, 1.54) is 12.1 Å². The molecule has 0 spiro atoms. The summed E-state index contributed by atoms with van der Waals surface area (Å²) in [5.41, 5.74) is 1.38. The normalized spacial score (nSPS) is 13.5. The summed E-state index contributed by atoms with van der Waals surface area (Å²) in [6, 6.07) is 13.4. The molecule has 0 saturated carbocycles. The first-order valence-corrected chi connectivity index (χ1v) is 10.1. The Bertz CT molecular complexity index is 1040. The van der Waals surface area contributed by atoms with Crippen molar-refractivity contribution in [1.29, 1.82) is 5.26 Å². The van der Waals surface area contributed by atoms with Crippen LogP contribution in [0.25, 0.3) is 6.08 Å². The lowest BCUT2D eigenvalue weighted by Crippen LogP contribution is -2.28. The smallest absolute Gasteiger partial charge is 0.269 e. The van der Waals surface area contributed by atoms with Crippen molar-refractivity contribution in [2.75, 3.05) is 19.7 Å². The Labute approximate surface area is 180 Å². The molecule has 1 fully saturated rings. The molecule has 0 aliphatic carbocycles. The number of nitriles is 1. The van der Waals surface area contributed by atoms with Crippen molar-refractivity contribution in [3.8, 4) is 17.6 Å². The zero-order valence-electron chi connectivity index (χ0n) is 17.2. The minimum atomic E-state index is -0.452. The van der Waals surface area contributed by atoms with Crippen molar-refractivity contribution < 1.29 is 19.2 Å². The van der Waals surface area contributed by atoms with E-state index in [-0.39, 0.29) is 23.8 Å². The minimum Gasteiger partial charge on any atom is -0.490 e. The summed E-state index contributed by atoms with van der Waals surface area (Å²) in [6.07, 6.45) is 3.46. The van der Waals surface area contributed by atoms with Crippen molar-refractivity contribution in [2.24, 2.45) is 0 Å². The fourth-order valence-electron chi connectivity index (χ4n) is 3.32. The summed E-state index contributed by atoms with van der Waals surface area (Å²) < 4.78 is 11.5. The van der Waals surface area contributed by atoms with E-state index in [2.05, 4.69) is 0 Å². The van der Waals surface area contributed by atoms with Gasteiger partial charge in [0.25, 0.3) is 11.6 Å². The molecule has 0 aromatic heterocycles. The molecule has 1 amide bonds. The van der Waals surface area contributed by atoms with Crippen LogP contribution in [0.1, 0.15) is 30.9 Å². The molecule has 2 aromatic carbocycles. The number of amides is 1. The van der Waals surface area contributed by atoms with Gasteiger partial charge in [0.1, 0.15) is 18.2 Å². The van der Waals surface area contributed by atoms with Gasteiger partial charge in [0, 0.05) is 25.2 Å². The molecule has 1 aliphatic rings. The van der Waals surface area contributed by atoms with Gasteiger partial charge in [-0.15, -0.1) is 0 Å². The second-order valence-corrected chi connectivity index (χ2v) is 7.02. The molecule has 1 heterocycles. The summed E-state index contributed by atoms with van der Waals surface area (Å²) in [5.74, 6) is 0.673. The predicted molar refractivity (Wildman–Crippen MR) is 114 cm³/mol. The van der Waals surface area contributed by atoms with Gasteiger partial charge in [0.05, 0.1) is 11.5 Å². The lowest BCUT2D eigenvalue weighted by atomic mass is 10.1. The Morgan fingerprint density at radius 2 is 1.97 bits per heavy atom. The van der Waals surface area contributed by atoms with Crippen LogP contribution in [0.2, 0.25) is 0 Å². The summed E-state index contributed by atoms with van der Waals surface area (Å²) in [6.45, 7) is 3.72. The topological polar surface area (TPSA) is 106 Å². The molecule has 0 N–H and O–H groups in total. The number of carbonyl (C=O) groups excluding carboxylic acids is 1. The third kappa shape index (κ3) is 5.60. The molecular formula is C23H23N3O5. The first-order valence-electron chi connectivity index (χ1n) is 10.1. The molecule has 0 unspecified atom stereocenters. The van der Waals surface area contributed by atoms with Gasteiger partial charge in [0.2, 0.25) is 0 Å². The number of hydrogen-bond donors (Lipinski definition) is 0. The standard InChI is InChI=1S/C23H23N3O5/c1-2-30-22-14-17(12-19(15-24)23(27)25-10-3-4-11-25)8-9-21(22)31-16-18-6-5-7-20(13-18)26(28)29/h5-9,12-14H,2-4,10-11,16H2,1H3/b19-12+. The van der Waals surface area contributed by atoms with Crippen molar-refractivity contribution >= 4 is 17.7 Å². The van der Waals surface area contributed by atoms with Gasteiger partial charge >= 0.3 is 0 Å². The van der Waals surface area contributed by atoms with E-state index < -0.39 is 4.92 Å². The van der Waals surface area contributed by atoms with Crippen LogP contribution in [0.3, 0.4) is 0 Å². The summed E-state index contributed by atoms with van der Waals surface area (Å²) in [7, 11) is 0. The van der Waals surface area contributed by atoms with Gasteiger partial charge in [0.15, 0.2) is 11.5 Å². The maximum Gasteiger partial charge on any atom is 0.269 e. The molecule has 1 saturated heterocycles. The van der Waals surface area contributed by atoms with Gasteiger partial charge in [-0.1, -0.05) is 18.2 Å². The van der Waals surface area contributed by atoms with E-state index >= 15 is 0 Å².